The topological polar surface area (TPSA) is 53.9 Å². The Bertz CT molecular complexity index is 579. The van der Waals surface area contributed by atoms with Crippen molar-refractivity contribution in [3.05, 3.63) is 10.6 Å². The number of carbonyl (C=O) groups excluding carboxylic acids is 1. The van der Waals surface area contributed by atoms with Gasteiger partial charge in [-0.25, -0.2) is 0 Å². The van der Waals surface area contributed by atoms with Gasteiger partial charge in [-0.15, -0.1) is 0 Å². The van der Waals surface area contributed by atoms with Crippen LogP contribution in [0.4, 0.5) is 0 Å². The lowest BCUT2D eigenvalue weighted by Gasteiger charge is -2.41. The zero-order chi connectivity index (χ0) is 15.5. The Labute approximate surface area is 137 Å². The second kappa shape index (κ2) is 6.94. The molecule has 1 aromatic rings. The minimum atomic E-state index is 0.193. The van der Waals surface area contributed by atoms with E-state index in [-0.39, 0.29) is 5.91 Å². The predicted octanol–water partition coefficient (Wildman–Crippen LogP) is 2.93. The van der Waals surface area contributed by atoms with Crippen LogP contribution in [0.1, 0.15) is 51.3 Å². The Balaban J connectivity index is 1.65. The molecule has 2 atom stereocenters. The second-order valence-corrected chi connectivity index (χ2v) is 7.10. The highest BCUT2D eigenvalue weighted by Gasteiger charge is 2.33. The van der Waals surface area contributed by atoms with Crippen LogP contribution in [0.2, 0.25) is 0 Å². The fourth-order valence-electron chi connectivity index (χ4n) is 3.99. The zero-order valence-corrected chi connectivity index (χ0v) is 14.2. The summed E-state index contributed by atoms with van der Waals surface area (Å²) in [5, 5.41) is 7.06. The quantitative estimate of drug-likeness (QED) is 0.867. The summed E-state index contributed by atoms with van der Waals surface area (Å²) >= 11 is 5.27. The predicted molar refractivity (Wildman–Crippen MR) is 88.1 cm³/mol. The van der Waals surface area contributed by atoms with Gasteiger partial charge in [-0.3, -0.25) is 14.5 Å². The zero-order valence-electron chi connectivity index (χ0n) is 13.4. The monoisotopic (exact) mass is 322 g/mol. The van der Waals surface area contributed by atoms with Crippen LogP contribution in [-0.4, -0.2) is 38.7 Å². The number of fused-ring (bicyclic) bond motifs is 1. The number of amides is 1. The molecule has 1 saturated carbocycles. The Morgan fingerprint density at radius 1 is 1.32 bits per heavy atom. The van der Waals surface area contributed by atoms with E-state index in [0.29, 0.717) is 11.3 Å². The van der Waals surface area contributed by atoms with Gasteiger partial charge in [0.15, 0.2) is 4.77 Å². The third-order valence-corrected chi connectivity index (χ3v) is 5.56. The van der Waals surface area contributed by atoms with E-state index in [2.05, 4.69) is 22.0 Å². The normalized spacial score (nSPS) is 25.0. The maximum Gasteiger partial charge on any atom is 0.242 e. The largest absolute Gasteiger partial charge is 0.341 e. The lowest BCUT2D eigenvalue weighted by molar-refractivity contribution is -0.135. The summed E-state index contributed by atoms with van der Waals surface area (Å²) in [5.74, 6) is 2.66. The molecule has 1 amide bonds. The first-order valence-corrected chi connectivity index (χ1v) is 9.01. The van der Waals surface area contributed by atoms with Crippen molar-refractivity contribution in [1.82, 2.24) is 19.7 Å². The van der Waals surface area contributed by atoms with E-state index >= 15 is 0 Å². The number of nitrogens with zero attached hydrogens (tertiary/aromatic N) is 3. The molecule has 2 fully saturated rings. The van der Waals surface area contributed by atoms with Crippen molar-refractivity contribution in [3.8, 4) is 0 Å². The van der Waals surface area contributed by atoms with E-state index in [1.54, 1.807) is 0 Å². The first-order chi connectivity index (χ1) is 10.7. The summed E-state index contributed by atoms with van der Waals surface area (Å²) in [4.78, 5) is 14.7. The van der Waals surface area contributed by atoms with E-state index in [1.807, 2.05) is 4.57 Å². The van der Waals surface area contributed by atoms with E-state index in [9.17, 15) is 4.79 Å². The SMILES string of the molecule is CCCc1n[nH]c(=S)n1CC(=O)N1CC[C@H]2CCCC[C@@H]2C1. The number of piperidine rings is 1. The lowest BCUT2D eigenvalue weighted by Crippen LogP contribution is -2.46. The van der Waals surface area contributed by atoms with E-state index in [4.69, 9.17) is 12.2 Å². The molecule has 0 aromatic carbocycles. The van der Waals surface area contributed by atoms with Crippen molar-refractivity contribution in [1.29, 1.82) is 0 Å². The Morgan fingerprint density at radius 2 is 2.09 bits per heavy atom. The molecule has 22 heavy (non-hydrogen) atoms. The summed E-state index contributed by atoms with van der Waals surface area (Å²) in [6.07, 6.45) is 8.39. The van der Waals surface area contributed by atoms with E-state index in [0.717, 1.165) is 43.6 Å². The number of rotatable bonds is 4. The number of aromatic nitrogens is 3. The maximum atomic E-state index is 12.7. The van der Waals surface area contributed by atoms with E-state index in [1.165, 1.54) is 32.1 Å². The molecule has 1 saturated heterocycles. The van der Waals surface area contributed by atoms with Crippen molar-refractivity contribution >= 4 is 18.1 Å². The van der Waals surface area contributed by atoms with Gasteiger partial charge < -0.3 is 4.90 Å². The average Bonchev–Trinajstić information content (AvgIpc) is 2.88. The van der Waals surface area contributed by atoms with Crippen LogP contribution in [0, 0.1) is 16.6 Å². The highest BCUT2D eigenvalue weighted by Crippen LogP contribution is 2.36. The van der Waals surface area contributed by atoms with Gasteiger partial charge in [0, 0.05) is 19.5 Å². The van der Waals surface area contributed by atoms with Crippen molar-refractivity contribution in [2.75, 3.05) is 13.1 Å². The van der Waals surface area contributed by atoms with Crippen LogP contribution in [0.15, 0.2) is 0 Å². The molecule has 6 heteroatoms. The van der Waals surface area contributed by atoms with Crippen LogP contribution in [0.3, 0.4) is 0 Å². The molecular formula is C16H26N4OS. The molecule has 5 nitrogen and oxygen atoms in total. The van der Waals surface area contributed by atoms with Crippen LogP contribution in [0.5, 0.6) is 0 Å². The molecule has 3 rings (SSSR count). The minimum absolute atomic E-state index is 0.193. The number of likely N-dealkylation sites (tertiary alicyclic amines) is 1. The number of hydrogen-bond acceptors (Lipinski definition) is 3. The summed E-state index contributed by atoms with van der Waals surface area (Å²) in [6, 6.07) is 0. The minimum Gasteiger partial charge on any atom is -0.341 e. The van der Waals surface area contributed by atoms with Gasteiger partial charge in [0.2, 0.25) is 5.91 Å². The molecule has 2 heterocycles. The summed E-state index contributed by atoms with van der Waals surface area (Å²) < 4.78 is 2.43. The fraction of sp³-hybridized carbons (Fsp3) is 0.812. The average molecular weight is 322 g/mol. The van der Waals surface area contributed by atoms with Crippen LogP contribution in [0.25, 0.3) is 0 Å². The molecule has 1 N–H and O–H groups in total. The van der Waals surface area contributed by atoms with Gasteiger partial charge in [-0.1, -0.05) is 26.2 Å². The summed E-state index contributed by atoms with van der Waals surface area (Å²) in [7, 11) is 0. The molecule has 1 aromatic heterocycles. The molecular weight excluding hydrogens is 296 g/mol. The highest BCUT2D eigenvalue weighted by atomic mass is 32.1. The van der Waals surface area contributed by atoms with Crippen molar-refractivity contribution in [2.24, 2.45) is 11.8 Å². The first-order valence-electron chi connectivity index (χ1n) is 8.61. The van der Waals surface area contributed by atoms with E-state index < -0.39 is 0 Å². The number of aromatic amines is 1. The van der Waals surface area contributed by atoms with Crippen LogP contribution >= 0.6 is 12.2 Å². The highest BCUT2D eigenvalue weighted by molar-refractivity contribution is 7.71. The number of aryl methyl sites for hydroxylation is 1. The van der Waals surface area contributed by atoms with Gasteiger partial charge in [0.25, 0.3) is 0 Å². The third-order valence-electron chi connectivity index (χ3n) is 5.25. The molecule has 0 bridgehead atoms. The van der Waals surface area contributed by atoms with Gasteiger partial charge in [-0.2, -0.15) is 5.10 Å². The fourth-order valence-corrected chi connectivity index (χ4v) is 4.21. The lowest BCUT2D eigenvalue weighted by atomic mass is 9.75. The Hall–Kier alpha value is -1.17. The van der Waals surface area contributed by atoms with Crippen molar-refractivity contribution < 1.29 is 4.79 Å². The molecule has 0 spiro atoms. The Morgan fingerprint density at radius 3 is 2.86 bits per heavy atom. The summed E-state index contributed by atoms with van der Waals surface area (Å²) in [6.45, 7) is 4.30. The van der Waals surface area contributed by atoms with Crippen molar-refractivity contribution in [3.63, 3.8) is 0 Å². The number of hydrogen-bond donors (Lipinski definition) is 1. The smallest absolute Gasteiger partial charge is 0.242 e. The standard InChI is InChI=1S/C16H26N4OS/c1-2-5-14-17-18-16(22)20(14)11-15(21)19-9-8-12-6-3-4-7-13(12)10-19/h12-13H,2-11H2,1H3,(H,18,22)/t12-,13-/m1/s1. The molecule has 1 aliphatic heterocycles. The summed E-state index contributed by atoms with van der Waals surface area (Å²) in [5.41, 5.74) is 0. The number of H-pyrrole nitrogens is 1. The Kier molecular flexibility index (Phi) is 4.96. The van der Waals surface area contributed by atoms with Crippen molar-refractivity contribution in [2.45, 2.75) is 58.4 Å². The van der Waals surface area contributed by atoms with Gasteiger partial charge >= 0.3 is 0 Å². The molecule has 0 radical (unpaired) electrons. The van der Waals surface area contributed by atoms with Crippen LogP contribution in [-0.2, 0) is 17.8 Å². The van der Waals surface area contributed by atoms with Gasteiger partial charge in [0.05, 0.1) is 0 Å². The molecule has 122 valence electrons. The maximum absolute atomic E-state index is 12.7. The van der Waals surface area contributed by atoms with Gasteiger partial charge in [0.1, 0.15) is 12.4 Å². The number of nitrogens with one attached hydrogen (secondary N) is 1. The second-order valence-electron chi connectivity index (χ2n) is 6.71. The first kappa shape index (κ1) is 15.7. The van der Waals surface area contributed by atoms with Gasteiger partial charge in [-0.05, 0) is 43.3 Å². The van der Waals surface area contributed by atoms with Crippen LogP contribution < -0.4 is 0 Å². The molecule has 1 aliphatic carbocycles. The molecule has 2 aliphatic rings. The molecule has 0 unspecified atom stereocenters. The number of carbonyl (C=O) groups is 1. The third kappa shape index (κ3) is 3.26.